The van der Waals surface area contributed by atoms with Crippen LogP contribution in [-0.4, -0.2) is 24.9 Å². The van der Waals surface area contributed by atoms with Crippen molar-refractivity contribution in [2.24, 2.45) is 0 Å². The predicted molar refractivity (Wildman–Crippen MR) is 192 cm³/mol. The molecule has 4 aromatic carbocycles. The van der Waals surface area contributed by atoms with Crippen LogP contribution in [0, 0.1) is 22.7 Å². The Bertz CT molecular complexity index is 2240. The molecule has 0 saturated carbocycles. The van der Waals surface area contributed by atoms with Crippen LogP contribution in [0.15, 0.2) is 110 Å². The summed E-state index contributed by atoms with van der Waals surface area (Å²) in [5.74, 6) is 2.61. The lowest BCUT2D eigenvalue weighted by atomic mass is 9.90. The number of aryl methyl sites for hydroxylation is 2. The second-order valence-corrected chi connectivity index (χ2v) is 12.7. The molecule has 0 radical (unpaired) electrons. The van der Waals surface area contributed by atoms with Crippen molar-refractivity contribution < 1.29 is 14.3 Å². The van der Waals surface area contributed by atoms with Gasteiger partial charge in [-0.3, -0.25) is 4.79 Å². The number of imidazole rings is 2. The lowest BCUT2D eigenvalue weighted by molar-refractivity contribution is 0.0970. The Morgan fingerprint density at radius 2 is 1.20 bits per heavy atom. The molecule has 51 heavy (non-hydrogen) atoms. The highest BCUT2D eigenvalue weighted by Gasteiger charge is 2.22. The van der Waals surface area contributed by atoms with Gasteiger partial charge in [-0.05, 0) is 103 Å². The standard InChI is InChI=1S/C21H17N3O2.C21H19N3O/c22-12-17-8-7-15(13-24-10-9-23-14-24)11-20(17)26-19-6-2-4-16-3-1-5-18(25)21(16)19;22-13-18-9-8-16(14-24-11-10-23-15-24)12-21(18)25-20-7-3-5-17-4-1-2-6-19(17)20/h2,4,6-11,14H,1,3,5,13H2;3,5,7-12,15H,1-2,4,6,14H2. The van der Waals surface area contributed by atoms with E-state index in [9.17, 15) is 15.3 Å². The lowest BCUT2D eigenvalue weighted by Crippen LogP contribution is -2.12. The van der Waals surface area contributed by atoms with Crippen molar-refractivity contribution in [1.29, 1.82) is 10.5 Å². The van der Waals surface area contributed by atoms with Gasteiger partial charge in [-0.2, -0.15) is 10.5 Å². The average molecular weight is 673 g/mol. The van der Waals surface area contributed by atoms with E-state index in [4.69, 9.17) is 9.47 Å². The van der Waals surface area contributed by atoms with Crippen molar-refractivity contribution in [2.45, 2.75) is 58.0 Å². The zero-order valence-electron chi connectivity index (χ0n) is 28.2. The maximum absolute atomic E-state index is 12.4. The molecule has 0 amide bonds. The maximum atomic E-state index is 12.4. The second kappa shape index (κ2) is 15.4. The first-order valence-electron chi connectivity index (χ1n) is 17.2. The van der Waals surface area contributed by atoms with E-state index in [1.165, 1.54) is 24.0 Å². The predicted octanol–water partition coefficient (Wildman–Crippen LogP) is 8.59. The Hall–Kier alpha value is -6.45. The first-order valence-corrected chi connectivity index (χ1v) is 17.2. The number of nitrogens with zero attached hydrogens (tertiary/aromatic N) is 6. The van der Waals surface area contributed by atoms with E-state index in [0.29, 0.717) is 53.4 Å². The van der Waals surface area contributed by atoms with Crippen LogP contribution < -0.4 is 9.47 Å². The smallest absolute Gasteiger partial charge is 0.166 e. The van der Waals surface area contributed by atoms with Crippen LogP contribution >= 0.6 is 0 Å². The van der Waals surface area contributed by atoms with Crippen molar-refractivity contribution in [3.8, 4) is 35.1 Å². The Labute approximate surface area is 297 Å². The van der Waals surface area contributed by atoms with E-state index < -0.39 is 0 Å². The quantitative estimate of drug-likeness (QED) is 0.159. The number of hydrogen-bond acceptors (Lipinski definition) is 7. The molecule has 2 heterocycles. The van der Waals surface area contributed by atoms with E-state index in [2.05, 4.69) is 28.2 Å². The monoisotopic (exact) mass is 672 g/mol. The van der Waals surface area contributed by atoms with E-state index >= 15 is 0 Å². The molecule has 0 bridgehead atoms. The number of carbonyl (C=O) groups is 1. The van der Waals surface area contributed by atoms with Gasteiger partial charge in [0.25, 0.3) is 0 Å². The average Bonchev–Trinajstić information content (AvgIpc) is 3.88. The molecule has 0 spiro atoms. The number of aromatic nitrogens is 4. The van der Waals surface area contributed by atoms with E-state index in [0.717, 1.165) is 48.1 Å². The molecule has 0 aliphatic heterocycles. The summed E-state index contributed by atoms with van der Waals surface area (Å²) >= 11 is 0. The molecule has 0 N–H and O–H groups in total. The fourth-order valence-corrected chi connectivity index (χ4v) is 6.70. The second-order valence-electron chi connectivity index (χ2n) is 12.7. The van der Waals surface area contributed by atoms with Crippen LogP contribution in [0.5, 0.6) is 23.0 Å². The SMILES string of the molecule is N#Cc1ccc(Cn2ccnc2)cc1Oc1cccc2c1C(=O)CCC2.N#Cc1ccc(Cn2ccnc2)cc1Oc1cccc2c1CCCC2. The van der Waals surface area contributed by atoms with Gasteiger partial charge >= 0.3 is 0 Å². The molecule has 2 aliphatic rings. The molecule has 2 aromatic heterocycles. The third-order valence-corrected chi connectivity index (χ3v) is 9.22. The fraction of sp³-hybridized carbons (Fsp3) is 0.214. The number of benzene rings is 4. The Morgan fingerprint density at radius 3 is 1.80 bits per heavy atom. The van der Waals surface area contributed by atoms with Gasteiger partial charge in [0.1, 0.15) is 35.1 Å². The Balaban J connectivity index is 0.000000159. The number of carbonyl (C=O) groups excluding carboxylic acids is 1. The summed E-state index contributed by atoms with van der Waals surface area (Å²) in [7, 11) is 0. The van der Waals surface area contributed by atoms with Crippen LogP contribution in [0.1, 0.15) is 75.0 Å². The Kier molecular flexibility index (Phi) is 9.99. The van der Waals surface area contributed by atoms with Gasteiger partial charge in [0.2, 0.25) is 0 Å². The number of rotatable bonds is 8. The molecule has 252 valence electrons. The van der Waals surface area contributed by atoms with Gasteiger partial charge in [0.15, 0.2) is 5.78 Å². The van der Waals surface area contributed by atoms with Gasteiger partial charge < -0.3 is 18.6 Å². The normalized spacial score (nSPS) is 13.1. The van der Waals surface area contributed by atoms with E-state index in [-0.39, 0.29) is 5.78 Å². The number of ether oxygens (including phenoxy) is 2. The Morgan fingerprint density at radius 1 is 0.627 bits per heavy atom. The van der Waals surface area contributed by atoms with E-state index in [1.54, 1.807) is 37.2 Å². The molecular formula is C42H36N6O3. The summed E-state index contributed by atoms with van der Waals surface area (Å²) in [6.07, 6.45) is 17.7. The van der Waals surface area contributed by atoms with Gasteiger partial charge in [-0.15, -0.1) is 0 Å². The van der Waals surface area contributed by atoms with Crippen molar-refractivity contribution in [1.82, 2.24) is 19.1 Å². The minimum atomic E-state index is 0.106. The van der Waals surface area contributed by atoms with Crippen molar-refractivity contribution in [2.75, 3.05) is 0 Å². The summed E-state index contributed by atoms with van der Waals surface area (Å²) in [5.41, 5.74) is 7.41. The number of Topliss-reactive ketones (excluding diaryl/α,β-unsaturated/α-hetero) is 1. The largest absolute Gasteiger partial charge is 0.456 e. The maximum Gasteiger partial charge on any atom is 0.166 e. The number of fused-ring (bicyclic) bond motifs is 2. The van der Waals surface area contributed by atoms with Gasteiger partial charge in [0, 0.05) is 44.3 Å². The van der Waals surface area contributed by atoms with Crippen molar-refractivity contribution >= 4 is 5.78 Å². The molecule has 0 unspecified atom stereocenters. The molecule has 0 fully saturated rings. The molecule has 6 aromatic rings. The van der Waals surface area contributed by atoms with Gasteiger partial charge in [0.05, 0.1) is 29.3 Å². The molecule has 9 nitrogen and oxygen atoms in total. The van der Waals surface area contributed by atoms with E-state index in [1.807, 2.05) is 76.1 Å². The first-order chi connectivity index (χ1) is 25.1. The number of hydrogen-bond donors (Lipinski definition) is 0. The van der Waals surface area contributed by atoms with Crippen molar-refractivity contribution in [3.63, 3.8) is 0 Å². The highest BCUT2D eigenvalue weighted by atomic mass is 16.5. The van der Waals surface area contributed by atoms with Crippen LogP contribution in [0.2, 0.25) is 0 Å². The van der Waals surface area contributed by atoms with Crippen LogP contribution in [0.25, 0.3) is 0 Å². The zero-order valence-corrected chi connectivity index (χ0v) is 28.2. The van der Waals surface area contributed by atoms with Crippen LogP contribution in [-0.2, 0) is 32.4 Å². The van der Waals surface area contributed by atoms with Crippen LogP contribution in [0.3, 0.4) is 0 Å². The summed E-state index contributed by atoms with van der Waals surface area (Å²) in [5, 5.41) is 18.9. The summed E-state index contributed by atoms with van der Waals surface area (Å²) in [6, 6.07) is 27.6. The van der Waals surface area contributed by atoms with Crippen LogP contribution in [0.4, 0.5) is 0 Å². The highest BCUT2D eigenvalue weighted by molar-refractivity contribution is 6.01. The third kappa shape index (κ3) is 7.74. The molecule has 2 aliphatic carbocycles. The molecular weight excluding hydrogens is 637 g/mol. The third-order valence-electron chi connectivity index (χ3n) is 9.22. The summed E-state index contributed by atoms with van der Waals surface area (Å²) in [6.45, 7) is 1.34. The minimum absolute atomic E-state index is 0.106. The summed E-state index contributed by atoms with van der Waals surface area (Å²) in [4.78, 5) is 20.5. The molecule has 8 rings (SSSR count). The first kappa shape index (κ1) is 33.1. The number of nitriles is 2. The van der Waals surface area contributed by atoms with Gasteiger partial charge in [-0.1, -0.05) is 36.4 Å². The van der Waals surface area contributed by atoms with Crippen molar-refractivity contribution in [3.05, 3.63) is 155 Å². The summed E-state index contributed by atoms with van der Waals surface area (Å²) < 4.78 is 16.2. The lowest BCUT2D eigenvalue weighted by Gasteiger charge is -2.20. The van der Waals surface area contributed by atoms with Gasteiger partial charge in [-0.25, -0.2) is 9.97 Å². The fourth-order valence-electron chi connectivity index (χ4n) is 6.70. The number of ketones is 1. The minimum Gasteiger partial charge on any atom is -0.456 e. The molecule has 0 saturated heterocycles. The molecule has 9 heteroatoms. The molecule has 0 atom stereocenters. The highest BCUT2D eigenvalue weighted by Crippen LogP contribution is 2.36. The zero-order chi connectivity index (χ0) is 35.0. The topological polar surface area (TPSA) is 119 Å².